The van der Waals surface area contributed by atoms with Crippen LogP contribution in [0.25, 0.3) is 0 Å². The summed E-state index contributed by atoms with van der Waals surface area (Å²) in [4.78, 5) is 11.8. The third-order valence-corrected chi connectivity index (χ3v) is 4.58. The Labute approximate surface area is 98.8 Å². The number of hydrogen-bond donors (Lipinski definition) is 2. The average Bonchev–Trinajstić information content (AvgIpc) is 2.69. The Balaban J connectivity index is 1.97. The molecule has 0 radical (unpaired) electrons. The molecule has 2 aliphatic heterocycles. The SMILES string of the molecule is O=c1[nH]n(C2CCSCC2)c2c1CNCC2. The normalized spacial score (nSPS) is 22.0. The average molecular weight is 239 g/mol. The highest BCUT2D eigenvalue weighted by Gasteiger charge is 2.23. The van der Waals surface area contributed by atoms with E-state index in [1.165, 1.54) is 30.0 Å². The van der Waals surface area contributed by atoms with E-state index in [1.807, 2.05) is 11.8 Å². The lowest BCUT2D eigenvalue weighted by molar-refractivity contribution is 0.406. The van der Waals surface area contributed by atoms with Gasteiger partial charge in [0.1, 0.15) is 0 Å². The minimum Gasteiger partial charge on any atom is -0.312 e. The van der Waals surface area contributed by atoms with Crippen LogP contribution in [0.5, 0.6) is 0 Å². The maximum atomic E-state index is 11.8. The van der Waals surface area contributed by atoms with E-state index in [0.29, 0.717) is 6.04 Å². The van der Waals surface area contributed by atoms with Crippen molar-refractivity contribution in [1.29, 1.82) is 0 Å². The van der Waals surface area contributed by atoms with Crippen molar-refractivity contribution in [3.8, 4) is 0 Å². The second-order valence-corrected chi connectivity index (χ2v) is 5.73. The van der Waals surface area contributed by atoms with E-state index in [9.17, 15) is 4.79 Å². The van der Waals surface area contributed by atoms with Crippen LogP contribution in [0.3, 0.4) is 0 Å². The van der Waals surface area contributed by atoms with Gasteiger partial charge in [-0.25, -0.2) is 0 Å². The van der Waals surface area contributed by atoms with Gasteiger partial charge in [-0.3, -0.25) is 14.6 Å². The Hall–Kier alpha value is -0.680. The van der Waals surface area contributed by atoms with E-state index >= 15 is 0 Å². The first-order valence-corrected chi connectivity index (χ1v) is 7.12. The lowest BCUT2D eigenvalue weighted by atomic mass is 10.1. The second kappa shape index (κ2) is 4.30. The molecule has 1 aromatic heterocycles. The maximum Gasteiger partial charge on any atom is 0.268 e. The topological polar surface area (TPSA) is 49.8 Å². The zero-order chi connectivity index (χ0) is 11.0. The molecule has 0 spiro atoms. The lowest BCUT2D eigenvalue weighted by Gasteiger charge is -2.25. The molecule has 0 aliphatic carbocycles. The van der Waals surface area contributed by atoms with Gasteiger partial charge in [0.15, 0.2) is 0 Å². The fourth-order valence-corrected chi connectivity index (χ4v) is 3.73. The molecule has 1 aromatic rings. The number of fused-ring (bicyclic) bond motifs is 1. The zero-order valence-electron chi connectivity index (χ0n) is 9.29. The van der Waals surface area contributed by atoms with E-state index in [1.54, 1.807) is 0 Å². The molecule has 2 aliphatic rings. The Kier molecular flexibility index (Phi) is 2.81. The Morgan fingerprint density at radius 3 is 2.94 bits per heavy atom. The summed E-state index contributed by atoms with van der Waals surface area (Å²) in [6.45, 7) is 1.73. The summed E-state index contributed by atoms with van der Waals surface area (Å²) < 4.78 is 2.16. The van der Waals surface area contributed by atoms with E-state index in [0.717, 1.165) is 25.1 Å². The Morgan fingerprint density at radius 1 is 1.31 bits per heavy atom. The largest absolute Gasteiger partial charge is 0.312 e. The molecular formula is C11H17N3OS. The highest BCUT2D eigenvalue weighted by atomic mass is 32.2. The van der Waals surface area contributed by atoms with Crippen LogP contribution in [-0.2, 0) is 13.0 Å². The van der Waals surface area contributed by atoms with Gasteiger partial charge in [0.2, 0.25) is 0 Å². The van der Waals surface area contributed by atoms with Crippen molar-refractivity contribution in [3.05, 3.63) is 21.6 Å². The summed E-state index contributed by atoms with van der Waals surface area (Å²) in [5, 5.41) is 6.30. The van der Waals surface area contributed by atoms with Crippen LogP contribution in [0.2, 0.25) is 0 Å². The Morgan fingerprint density at radius 2 is 2.12 bits per heavy atom. The molecule has 0 unspecified atom stereocenters. The second-order valence-electron chi connectivity index (χ2n) is 4.51. The van der Waals surface area contributed by atoms with Crippen molar-refractivity contribution >= 4 is 11.8 Å². The predicted molar refractivity (Wildman–Crippen MR) is 66.1 cm³/mol. The number of hydrogen-bond acceptors (Lipinski definition) is 3. The summed E-state index contributed by atoms with van der Waals surface area (Å²) in [5.74, 6) is 2.44. The van der Waals surface area contributed by atoms with Gasteiger partial charge in [0.25, 0.3) is 5.56 Å². The minimum absolute atomic E-state index is 0.112. The number of nitrogens with zero attached hydrogens (tertiary/aromatic N) is 1. The minimum atomic E-state index is 0.112. The summed E-state index contributed by atoms with van der Waals surface area (Å²) in [7, 11) is 0. The van der Waals surface area contributed by atoms with Crippen molar-refractivity contribution in [2.45, 2.75) is 31.8 Å². The predicted octanol–water partition coefficient (Wildman–Crippen LogP) is 0.890. The van der Waals surface area contributed by atoms with Crippen molar-refractivity contribution < 1.29 is 0 Å². The molecule has 1 saturated heterocycles. The first kappa shape index (κ1) is 10.5. The van der Waals surface area contributed by atoms with Gasteiger partial charge in [0.05, 0.1) is 11.6 Å². The van der Waals surface area contributed by atoms with Crippen molar-refractivity contribution in [3.63, 3.8) is 0 Å². The number of aromatic amines is 1. The summed E-state index contributed by atoms with van der Waals surface area (Å²) in [5.41, 5.74) is 2.32. The molecule has 2 N–H and O–H groups in total. The maximum absolute atomic E-state index is 11.8. The standard InChI is InChI=1S/C11H17N3OS/c15-11-9-7-12-4-1-10(9)14(13-11)8-2-5-16-6-3-8/h8,12H,1-7H2,(H,13,15). The molecule has 1 fully saturated rings. The first-order valence-electron chi connectivity index (χ1n) is 5.97. The molecule has 3 rings (SSSR count). The van der Waals surface area contributed by atoms with Gasteiger partial charge < -0.3 is 5.32 Å². The van der Waals surface area contributed by atoms with Gasteiger partial charge in [-0.1, -0.05) is 0 Å². The molecule has 3 heterocycles. The smallest absolute Gasteiger partial charge is 0.268 e. The van der Waals surface area contributed by atoms with Crippen LogP contribution in [0, 0.1) is 0 Å². The molecule has 88 valence electrons. The van der Waals surface area contributed by atoms with Crippen LogP contribution in [0.4, 0.5) is 0 Å². The number of thioether (sulfide) groups is 1. The third-order valence-electron chi connectivity index (χ3n) is 3.53. The number of aromatic nitrogens is 2. The number of rotatable bonds is 1. The van der Waals surface area contributed by atoms with Gasteiger partial charge in [0, 0.05) is 25.2 Å². The number of H-pyrrole nitrogens is 1. The lowest BCUT2D eigenvalue weighted by Crippen LogP contribution is -2.28. The molecule has 0 saturated carbocycles. The van der Waals surface area contributed by atoms with Gasteiger partial charge >= 0.3 is 0 Å². The van der Waals surface area contributed by atoms with E-state index in [2.05, 4.69) is 15.1 Å². The fraction of sp³-hybridized carbons (Fsp3) is 0.727. The first-order chi connectivity index (χ1) is 7.86. The highest BCUT2D eigenvalue weighted by Crippen LogP contribution is 2.28. The monoisotopic (exact) mass is 239 g/mol. The van der Waals surface area contributed by atoms with E-state index in [4.69, 9.17) is 0 Å². The molecule has 0 aromatic carbocycles. The molecule has 4 nitrogen and oxygen atoms in total. The fourth-order valence-electron chi connectivity index (χ4n) is 2.65. The van der Waals surface area contributed by atoms with Crippen molar-refractivity contribution in [2.24, 2.45) is 0 Å². The van der Waals surface area contributed by atoms with Crippen molar-refractivity contribution in [2.75, 3.05) is 18.1 Å². The molecule has 0 amide bonds. The van der Waals surface area contributed by atoms with Crippen LogP contribution in [0.15, 0.2) is 4.79 Å². The van der Waals surface area contributed by atoms with Crippen molar-refractivity contribution in [1.82, 2.24) is 15.1 Å². The zero-order valence-corrected chi connectivity index (χ0v) is 10.1. The Bertz CT molecular complexity index is 431. The van der Waals surface area contributed by atoms with Gasteiger partial charge in [-0.05, 0) is 24.3 Å². The van der Waals surface area contributed by atoms with Gasteiger partial charge in [-0.15, -0.1) is 0 Å². The molecule has 0 atom stereocenters. The summed E-state index contributed by atoms with van der Waals surface area (Å²) in [6, 6.07) is 0.524. The van der Waals surface area contributed by atoms with Crippen LogP contribution in [-0.4, -0.2) is 27.8 Å². The van der Waals surface area contributed by atoms with Crippen LogP contribution < -0.4 is 10.9 Å². The highest BCUT2D eigenvalue weighted by molar-refractivity contribution is 7.99. The van der Waals surface area contributed by atoms with E-state index < -0.39 is 0 Å². The number of nitrogens with one attached hydrogen (secondary N) is 2. The molecule has 5 heteroatoms. The summed E-state index contributed by atoms with van der Waals surface area (Å²) in [6.07, 6.45) is 3.36. The van der Waals surface area contributed by atoms with Crippen LogP contribution >= 0.6 is 11.8 Å². The molecule has 0 bridgehead atoms. The van der Waals surface area contributed by atoms with Gasteiger partial charge in [-0.2, -0.15) is 11.8 Å². The quantitative estimate of drug-likeness (QED) is 0.765. The molecule has 16 heavy (non-hydrogen) atoms. The van der Waals surface area contributed by atoms with E-state index in [-0.39, 0.29) is 5.56 Å². The molecular weight excluding hydrogens is 222 g/mol. The van der Waals surface area contributed by atoms with Crippen LogP contribution in [0.1, 0.15) is 30.1 Å². The summed E-state index contributed by atoms with van der Waals surface area (Å²) >= 11 is 2.02. The third kappa shape index (κ3) is 1.72.